The molecule has 1 aliphatic heterocycles. The van der Waals surface area contributed by atoms with E-state index in [4.69, 9.17) is 5.73 Å². The molecule has 3 rings (SSSR count). The third kappa shape index (κ3) is 4.49. The number of carbonyl (C=O) groups is 1. The number of nitrogen functional groups attached to an aromatic ring is 1. The molecule has 0 spiro atoms. The molecule has 2 heterocycles. The number of aromatic nitrogens is 1. The lowest BCUT2D eigenvalue weighted by atomic mass is 10.1. The van der Waals surface area contributed by atoms with Gasteiger partial charge in [-0.25, -0.2) is 18.6 Å². The zero-order valence-corrected chi connectivity index (χ0v) is 15.3. The minimum Gasteiger partial charge on any atom is -0.397 e. The number of hydrogen-bond acceptors (Lipinski definition) is 4. The summed E-state index contributed by atoms with van der Waals surface area (Å²) in [5.41, 5.74) is 4.18. The van der Waals surface area contributed by atoms with Crippen LogP contribution in [0.15, 0.2) is 30.5 Å². The van der Waals surface area contributed by atoms with Crippen LogP contribution in [0.3, 0.4) is 0 Å². The zero-order valence-electron chi connectivity index (χ0n) is 15.3. The second-order valence-corrected chi connectivity index (χ2v) is 6.69. The first-order valence-electron chi connectivity index (χ1n) is 8.66. The molecule has 1 aromatic carbocycles. The van der Waals surface area contributed by atoms with E-state index < -0.39 is 29.4 Å². The number of nitrogens with one attached hydrogen (secondary N) is 1. The Kier molecular flexibility index (Phi) is 5.49. The molecule has 0 radical (unpaired) electrons. The van der Waals surface area contributed by atoms with Gasteiger partial charge < -0.3 is 20.9 Å². The summed E-state index contributed by atoms with van der Waals surface area (Å²) in [5, 5.41) is 2.39. The highest BCUT2D eigenvalue weighted by Crippen LogP contribution is 2.32. The van der Waals surface area contributed by atoms with Crippen LogP contribution < -0.4 is 16.0 Å². The highest BCUT2D eigenvalue weighted by molar-refractivity contribution is 5.89. The first-order valence-corrected chi connectivity index (χ1v) is 8.66. The van der Waals surface area contributed by atoms with Crippen molar-refractivity contribution in [2.45, 2.75) is 19.1 Å². The van der Waals surface area contributed by atoms with Gasteiger partial charge in [0, 0.05) is 37.4 Å². The molecule has 2 aromatic rings. The molecule has 156 valence electrons. The van der Waals surface area contributed by atoms with Crippen molar-refractivity contribution < 1.29 is 26.7 Å². The van der Waals surface area contributed by atoms with Crippen LogP contribution in [0.2, 0.25) is 0 Å². The highest BCUT2D eigenvalue weighted by Gasteiger charge is 2.34. The monoisotopic (exact) mass is 415 g/mol. The van der Waals surface area contributed by atoms with Gasteiger partial charge in [-0.15, -0.1) is 0 Å². The standard InChI is InChI=1S/C18H18F5N5O/c1-10-9-27(16-15(20)6-11(24)8-25-16)4-5-28(10)17(29)26-12-2-3-13(14(19)7-12)18(21,22)23/h2-3,6-8,10H,4-5,9,24H2,1H3,(H,26,29)/t10-/m1/s1. The van der Waals surface area contributed by atoms with Crippen molar-refractivity contribution in [3.63, 3.8) is 0 Å². The van der Waals surface area contributed by atoms with Crippen LogP contribution in [0.25, 0.3) is 0 Å². The lowest BCUT2D eigenvalue weighted by Gasteiger charge is -2.40. The van der Waals surface area contributed by atoms with Gasteiger partial charge in [-0.2, -0.15) is 13.2 Å². The number of amides is 2. The van der Waals surface area contributed by atoms with E-state index in [1.54, 1.807) is 11.8 Å². The van der Waals surface area contributed by atoms with Crippen LogP contribution in [0.4, 0.5) is 43.9 Å². The lowest BCUT2D eigenvalue weighted by Crippen LogP contribution is -2.55. The molecule has 29 heavy (non-hydrogen) atoms. The second kappa shape index (κ2) is 7.72. The number of urea groups is 1. The minimum atomic E-state index is -4.82. The number of hydrogen-bond donors (Lipinski definition) is 2. The van der Waals surface area contributed by atoms with Crippen LogP contribution in [-0.2, 0) is 6.18 Å². The maximum Gasteiger partial charge on any atom is 0.419 e. The summed E-state index contributed by atoms with van der Waals surface area (Å²) >= 11 is 0. The van der Waals surface area contributed by atoms with E-state index in [1.807, 2.05) is 0 Å². The first-order chi connectivity index (χ1) is 13.6. The summed E-state index contributed by atoms with van der Waals surface area (Å²) in [7, 11) is 0. The fraction of sp³-hybridized carbons (Fsp3) is 0.333. The number of nitrogens with two attached hydrogens (primary N) is 1. The van der Waals surface area contributed by atoms with Gasteiger partial charge in [0.25, 0.3) is 0 Å². The molecule has 2 amide bonds. The van der Waals surface area contributed by atoms with Gasteiger partial charge in [0.15, 0.2) is 11.6 Å². The van der Waals surface area contributed by atoms with Crippen molar-refractivity contribution in [2.24, 2.45) is 0 Å². The van der Waals surface area contributed by atoms with E-state index >= 15 is 0 Å². The number of rotatable bonds is 2. The van der Waals surface area contributed by atoms with Crippen molar-refractivity contribution in [2.75, 3.05) is 35.6 Å². The summed E-state index contributed by atoms with van der Waals surface area (Å²) < 4.78 is 65.6. The number of pyridine rings is 1. The molecular formula is C18H18F5N5O. The van der Waals surface area contributed by atoms with E-state index in [0.717, 1.165) is 12.1 Å². The van der Waals surface area contributed by atoms with E-state index in [1.165, 1.54) is 11.1 Å². The summed E-state index contributed by atoms with van der Waals surface area (Å²) in [6.45, 7) is 2.51. The van der Waals surface area contributed by atoms with Crippen LogP contribution in [0.5, 0.6) is 0 Å². The molecule has 0 bridgehead atoms. The topological polar surface area (TPSA) is 74.5 Å². The molecule has 1 atom stereocenters. The third-order valence-electron chi connectivity index (χ3n) is 4.56. The number of halogens is 5. The van der Waals surface area contributed by atoms with Crippen LogP contribution in [-0.4, -0.2) is 41.6 Å². The van der Waals surface area contributed by atoms with E-state index in [9.17, 15) is 26.7 Å². The molecule has 11 heteroatoms. The number of benzene rings is 1. The molecule has 3 N–H and O–H groups in total. The van der Waals surface area contributed by atoms with Crippen molar-refractivity contribution in [3.8, 4) is 0 Å². The quantitative estimate of drug-likeness (QED) is 0.734. The van der Waals surface area contributed by atoms with Gasteiger partial charge in [-0.1, -0.05) is 0 Å². The van der Waals surface area contributed by atoms with Crippen LogP contribution in [0, 0.1) is 11.6 Å². The Morgan fingerprint density at radius 3 is 2.52 bits per heavy atom. The first kappa shape index (κ1) is 20.6. The van der Waals surface area contributed by atoms with Crippen molar-refractivity contribution >= 4 is 23.2 Å². The van der Waals surface area contributed by atoms with E-state index in [-0.39, 0.29) is 42.9 Å². The summed E-state index contributed by atoms with van der Waals surface area (Å²) in [5.74, 6) is -1.93. The fourth-order valence-electron chi connectivity index (χ4n) is 3.15. The Labute approximate surface area is 163 Å². The molecule has 1 saturated heterocycles. The number of piperazine rings is 1. The SMILES string of the molecule is C[C@@H]1CN(c2ncc(N)cc2F)CCN1C(=O)Nc1ccc(C(F)(F)F)c(F)c1. The molecule has 0 saturated carbocycles. The van der Waals surface area contributed by atoms with Crippen molar-refractivity contribution in [1.82, 2.24) is 9.88 Å². The predicted octanol–water partition coefficient (Wildman–Crippen LogP) is 3.70. The molecule has 1 aromatic heterocycles. The fourth-order valence-corrected chi connectivity index (χ4v) is 3.15. The van der Waals surface area contributed by atoms with Gasteiger partial charge in [0.2, 0.25) is 0 Å². The molecular weight excluding hydrogens is 397 g/mol. The normalized spacial score (nSPS) is 17.4. The van der Waals surface area contributed by atoms with Crippen molar-refractivity contribution in [3.05, 3.63) is 47.7 Å². The summed E-state index contributed by atoms with van der Waals surface area (Å²) in [6.07, 6.45) is -3.48. The second-order valence-electron chi connectivity index (χ2n) is 6.69. The van der Waals surface area contributed by atoms with Gasteiger partial charge >= 0.3 is 12.2 Å². The highest BCUT2D eigenvalue weighted by atomic mass is 19.4. The Morgan fingerprint density at radius 2 is 1.93 bits per heavy atom. The number of anilines is 3. The van der Waals surface area contributed by atoms with Crippen molar-refractivity contribution in [1.29, 1.82) is 0 Å². The molecule has 0 aliphatic carbocycles. The Balaban J connectivity index is 1.66. The lowest BCUT2D eigenvalue weighted by molar-refractivity contribution is -0.139. The van der Waals surface area contributed by atoms with Gasteiger partial charge in [-0.3, -0.25) is 0 Å². The van der Waals surface area contributed by atoms with Gasteiger partial charge in [-0.05, 0) is 25.1 Å². The van der Waals surface area contributed by atoms with Gasteiger partial charge in [0.1, 0.15) is 5.82 Å². The summed E-state index contributed by atoms with van der Waals surface area (Å²) in [4.78, 5) is 19.6. The number of nitrogens with zero attached hydrogens (tertiary/aromatic N) is 3. The minimum absolute atomic E-state index is 0.0959. The largest absolute Gasteiger partial charge is 0.419 e. The average Bonchev–Trinajstić information content (AvgIpc) is 2.60. The van der Waals surface area contributed by atoms with E-state index in [0.29, 0.717) is 12.1 Å². The molecule has 1 aliphatic rings. The molecule has 1 fully saturated rings. The predicted molar refractivity (Wildman–Crippen MR) is 97.4 cm³/mol. The Bertz CT molecular complexity index is 920. The maximum atomic E-state index is 14.1. The molecule has 6 nitrogen and oxygen atoms in total. The maximum absolute atomic E-state index is 14.1. The number of alkyl halides is 3. The Morgan fingerprint density at radius 1 is 1.21 bits per heavy atom. The van der Waals surface area contributed by atoms with Gasteiger partial charge in [0.05, 0.1) is 17.4 Å². The zero-order chi connectivity index (χ0) is 21.3. The van der Waals surface area contributed by atoms with E-state index in [2.05, 4.69) is 10.3 Å². The third-order valence-corrected chi connectivity index (χ3v) is 4.56. The molecule has 0 unspecified atom stereocenters. The number of carbonyl (C=O) groups excluding carboxylic acids is 1. The average molecular weight is 415 g/mol. The van der Waals surface area contributed by atoms with Crippen LogP contribution in [0.1, 0.15) is 12.5 Å². The summed E-state index contributed by atoms with van der Waals surface area (Å²) in [6, 6.07) is 2.38. The van der Waals surface area contributed by atoms with Crippen LogP contribution >= 0.6 is 0 Å². The Hall–Kier alpha value is -3.11. The smallest absolute Gasteiger partial charge is 0.397 e.